The summed E-state index contributed by atoms with van der Waals surface area (Å²) >= 11 is 6.06. The van der Waals surface area contributed by atoms with Crippen LogP contribution in [0.2, 0.25) is 5.02 Å². The van der Waals surface area contributed by atoms with Crippen molar-refractivity contribution in [2.75, 3.05) is 12.3 Å². The molecule has 1 aromatic heterocycles. The Morgan fingerprint density at radius 2 is 2.10 bits per heavy atom. The molecule has 6 heteroatoms. The van der Waals surface area contributed by atoms with Crippen molar-refractivity contribution in [1.82, 2.24) is 9.78 Å². The van der Waals surface area contributed by atoms with Gasteiger partial charge < -0.3 is 15.6 Å². The number of hydrogen-bond donors (Lipinski definition) is 2. The Bertz CT molecular complexity index is 598. The van der Waals surface area contributed by atoms with Crippen LogP contribution in [-0.4, -0.2) is 27.6 Å². The summed E-state index contributed by atoms with van der Waals surface area (Å²) in [4.78, 5) is 0. The number of rotatable bonds is 5. The van der Waals surface area contributed by atoms with E-state index in [9.17, 15) is 5.11 Å². The largest absolute Gasteiger partial charge is 0.489 e. The second-order valence-corrected chi connectivity index (χ2v) is 5.05. The van der Waals surface area contributed by atoms with Crippen LogP contribution in [0.25, 0.3) is 0 Å². The molecule has 0 saturated heterocycles. The summed E-state index contributed by atoms with van der Waals surface area (Å²) in [7, 11) is 0. The topological polar surface area (TPSA) is 73.3 Å². The molecule has 0 amide bonds. The molecular weight excluding hydrogens is 278 g/mol. The summed E-state index contributed by atoms with van der Waals surface area (Å²) in [5, 5.41) is 14.9. The average molecular weight is 296 g/mol. The van der Waals surface area contributed by atoms with Crippen LogP contribution in [0, 0.1) is 13.8 Å². The van der Waals surface area contributed by atoms with Crippen LogP contribution in [0.3, 0.4) is 0 Å². The monoisotopic (exact) mass is 295 g/mol. The Morgan fingerprint density at radius 3 is 2.70 bits per heavy atom. The third-order valence-electron chi connectivity index (χ3n) is 3.03. The predicted octanol–water partition coefficient (Wildman–Crippen LogP) is 2.18. The molecule has 0 aliphatic rings. The van der Waals surface area contributed by atoms with E-state index in [1.807, 2.05) is 26.0 Å². The summed E-state index contributed by atoms with van der Waals surface area (Å²) < 4.78 is 7.18. The van der Waals surface area contributed by atoms with Crippen molar-refractivity contribution in [1.29, 1.82) is 0 Å². The minimum Gasteiger partial charge on any atom is -0.489 e. The van der Waals surface area contributed by atoms with Crippen molar-refractivity contribution in [2.45, 2.75) is 26.5 Å². The van der Waals surface area contributed by atoms with Gasteiger partial charge >= 0.3 is 0 Å². The number of ether oxygens (including phenoxy) is 1. The number of nitrogens with two attached hydrogens (primary N) is 1. The highest BCUT2D eigenvalue weighted by Crippen LogP contribution is 2.21. The molecular formula is C14H18ClN3O2. The van der Waals surface area contributed by atoms with E-state index >= 15 is 0 Å². The van der Waals surface area contributed by atoms with Crippen LogP contribution < -0.4 is 10.5 Å². The number of nitrogen functional groups attached to an aromatic ring is 1. The quantitative estimate of drug-likeness (QED) is 0.829. The fourth-order valence-electron chi connectivity index (χ4n) is 1.90. The van der Waals surface area contributed by atoms with Crippen LogP contribution >= 0.6 is 11.6 Å². The van der Waals surface area contributed by atoms with E-state index in [4.69, 9.17) is 22.1 Å². The minimum atomic E-state index is -0.691. The van der Waals surface area contributed by atoms with Crippen molar-refractivity contribution >= 4 is 17.3 Å². The highest BCUT2D eigenvalue weighted by Gasteiger charge is 2.13. The summed E-state index contributed by atoms with van der Waals surface area (Å²) in [5.74, 6) is 0.568. The molecule has 0 aliphatic carbocycles. The molecule has 0 spiro atoms. The van der Waals surface area contributed by atoms with E-state index < -0.39 is 6.10 Å². The van der Waals surface area contributed by atoms with Gasteiger partial charge in [0.1, 0.15) is 18.5 Å². The lowest BCUT2D eigenvalue weighted by atomic mass is 10.3. The van der Waals surface area contributed by atoms with Gasteiger partial charge in [0.05, 0.1) is 28.6 Å². The van der Waals surface area contributed by atoms with Crippen LogP contribution in [0.4, 0.5) is 5.69 Å². The molecule has 1 heterocycles. The summed E-state index contributed by atoms with van der Waals surface area (Å²) in [6.45, 7) is 4.17. The molecule has 1 aromatic carbocycles. The third-order valence-corrected chi connectivity index (χ3v) is 3.57. The maximum Gasteiger partial charge on any atom is 0.142 e. The molecule has 2 aromatic rings. The zero-order valence-corrected chi connectivity index (χ0v) is 12.3. The maximum atomic E-state index is 10.0. The van der Waals surface area contributed by atoms with Gasteiger partial charge in [-0.15, -0.1) is 0 Å². The van der Waals surface area contributed by atoms with Crippen molar-refractivity contribution < 1.29 is 9.84 Å². The van der Waals surface area contributed by atoms with Gasteiger partial charge in [-0.2, -0.15) is 5.10 Å². The first-order valence-electron chi connectivity index (χ1n) is 6.34. The Kier molecular flexibility index (Phi) is 4.52. The van der Waals surface area contributed by atoms with Crippen LogP contribution in [0.15, 0.2) is 24.3 Å². The number of nitrogens with zero attached hydrogens (tertiary/aromatic N) is 2. The molecule has 0 bridgehead atoms. The first kappa shape index (κ1) is 14.7. The second kappa shape index (κ2) is 6.15. The summed E-state index contributed by atoms with van der Waals surface area (Å²) in [6.07, 6.45) is -0.691. The summed E-state index contributed by atoms with van der Waals surface area (Å²) in [6, 6.07) is 7.18. The third kappa shape index (κ3) is 3.23. The number of aliphatic hydroxyl groups is 1. The Balaban J connectivity index is 1.94. The number of halogens is 1. The van der Waals surface area contributed by atoms with E-state index in [1.165, 1.54) is 0 Å². The normalized spacial score (nSPS) is 12.4. The fourth-order valence-corrected chi connectivity index (χ4v) is 2.04. The van der Waals surface area contributed by atoms with Gasteiger partial charge in [0.25, 0.3) is 0 Å². The van der Waals surface area contributed by atoms with Gasteiger partial charge in [0.2, 0.25) is 0 Å². The summed E-state index contributed by atoms with van der Waals surface area (Å²) in [5.41, 5.74) is 7.90. The Hall–Kier alpha value is -1.72. The lowest BCUT2D eigenvalue weighted by molar-refractivity contribution is 0.0891. The first-order chi connectivity index (χ1) is 9.49. The van der Waals surface area contributed by atoms with Gasteiger partial charge in [-0.1, -0.05) is 23.7 Å². The van der Waals surface area contributed by atoms with Gasteiger partial charge in [-0.25, -0.2) is 0 Å². The lowest BCUT2D eigenvalue weighted by Gasteiger charge is -2.14. The Labute approximate surface area is 122 Å². The van der Waals surface area contributed by atoms with Crippen molar-refractivity contribution in [2.24, 2.45) is 0 Å². The van der Waals surface area contributed by atoms with Crippen molar-refractivity contribution in [3.63, 3.8) is 0 Å². The number of aryl methyl sites for hydroxylation is 1. The van der Waals surface area contributed by atoms with E-state index in [0.717, 1.165) is 11.4 Å². The first-order valence-corrected chi connectivity index (χ1v) is 6.71. The lowest BCUT2D eigenvalue weighted by Crippen LogP contribution is -2.25. The molecule has 0 fully saturated rings. The molecule has 20 heavy (non-hydrogen) atoms. The van der Waals surface area contributed by atoms with E-state index in [0.29, 0.717) is 23.0 Å². The molecule has 0 saturated carbocycles. The van der Waals surface area contributed by atoms with Crippen molar-refractivity contribution in [3.05, 3.63) is 40.7 Å². The predicted molar refractivity (Wildman–Crippen MR) is 79.1 cm³/mol. The van der Waals surface area contributed by atoms with Gasteiger partial charge in [0, 0.05) is 0 Å². The molecule has 2 rings (SSSR count). The zero-order valence-electron chi connectivity index (χ0n) is 11.5. The minimum absolute atomic E-state index is 0.143. The molecule has 0 aliphatic heterocycles. The van der Waals surface area contributed by atoms with E-state index in [1.54, 1.807) is 16.8 Å². The number of para-hydroxylation sites is 2. The maximum absolute atomic E-state index is 10.0. The highest BCUT2D eigenvalue weighted by atomic mass is 35.5. The van der Waals surface area contributed by atoms with Crippen LogP contribution in [-0.2, 0) is 6.54 Å². The Morgan fingerprint density at radius 1 is 1.40 bits per heavy atom. The molecule has 1 unspecified atom stereocenters. The van der Waals surface area contributed by atoms with Gasteiger partial charge in [0.15, 0.2) is 0 Å². The van der Waals surface area contributed by atoms with Crippen LogP contribution in [0.5, 0.6) is 5.75 Å². The molecule has 108 valence electrons. The molecule has 5 nitrogen and oxygen atoms in total. The molecule has 0 radical (unpaired) electrons. The number of benzene rings is 1. The number of aromatic nitrogens is 2. The standard InChI is InChI=1S/C14H18ClN3O2/c1-9-14(15)10(2)18(17-9)7-11(19)8-20-13-6-4-3-5-12(13)16/h3-6,11,19H,7-8,16H2,1-2H3. The average Bonchev–Trinajstić information content (AvgIpc) is 2.65. The second-order valence-electron chi connectivity index (χ2n) is 4.67. The number of hydrogen-bond acceptors (Lipinski definition) is 4. The van der Waals surface area contributed by atoms with Crippen molar-refractivity contribution in [3.8, 4) is 5.75 Å². The smallest absolute Gasteiger partial charge is 0.142 e. The van der Waals surface area contributed by atoms with Crippen LogP contribution in [0.1, 0.15) is 11.4 Å². The molecule has 1 atom stereocenters. The highest BCUT2D eigenvalue weighted by molar-refractivity contribution is 6.31. The molecule has 3 N–H and O–H groups in total. The van der Waals surface area contributed by atoms with E-state index in [-0.39, 0.29) is 6.61 Å². The fraction of sp³-hybridized carbons (Fsp3) is 0.357. The van der Waals surface area contributed by atoms with Gasteiger partial charge in [-0.3, -0.25) is 4.68 Å². The number of anilines is 1. The zero-order chi connectivity index (χ0) is 14.7. The SMILES string of the molecule is Cc1nn(CC(O)COc2ccccc2N)c(C)c1Cl. The van der Waals surface area contributed by atoms with E-state index in [2.05, 4.69) is 5.10 Å². The van der Waals surface area contributed by atoms with Gasteiger partial charge in [-0.05, 0) is 26.0 Å². The number of aliphatic hydroxyl groups excluding tert-OH is 1.